The lowest BCUT2D eigenvalue weighted by molar-refractivity contribution is -0.114. The van der Waals surface area contributed by atoms with Gasteiger partial charge in [0.25, 0.3) is 11.5 Å². The molecule has 0 bridgehead atoms. The third-order valence-electron chi connectivity index (χ3n) is 6.03. The van der Waals surface area contributed by atoms with Crippen LogP contribution in [0.2, 0.25) is 0 Å². The molecule has 0 saturated heterocycles. The number of thioether (sulfide) groups is 1. The van der Waals surface area contributed by atoms with Crippen LogP contribution in [0.3, 0.4) is 0 Å². The highest BCUT2D eigenvalue weighted by molar-refractivity contribution is 8.27. The molecule has 0 spiro atoms. The van der Waals surface area contributed by atoms with Crippen molar-refractivity contribution in [2.75, 3.05) is 0 Å². The van der Waals surface area contributed by atoms with Gasteiger partial charge in [-0.25, -0.2) is 4.98 Å². The summed E-state index contributed by atoms with van der Waals surface area (Å²) in [6, 6.07) is 8.54. The maximum Gasteiger partial charge on any atom is 0.283 e. The number of amides is 1. The fraction of sp³-hybridized carbons (Fsp3) is 0.320. The number of aromatic nitrogens is 3. The predicted molar refractivity (Wildman–Crippen MR) is 146 cm³/mol. The van der Waals surface area contributed by atoms with Gasteiger partial charge in [0, 0.05) is 12.0 Å². The van der Waals surface area contributed by atoms with Crippen LogP contribution in [0, 0.1) is 11.3 Å². The number of aryl methyl sites for hydroxylation is 1. The lowest BCUT2D eigenvalue weighted by Gasteiger charge is -2.20. The second-order valence-corrected chi connectivity index (χ2v) is 10.5. The monoisotopic (exact) mass is 535 g/mol. The first-order valence-electron chi connectivity index (χ1n) is 12.0. The first kappa shape index (κ1) is 25.0. The molecule has 2 aliphatic rings. The summed E-state index contributed by atoms with van der Waals surface area (Å²) in [6.45, 7) is 6.32. The van der Waals surface area contributed by atoms with E-state index in [1.165, 1.54) is 38.7 Å². The Labute approximate surface area is 221 Å². The zero-order valence-electron chi connectivity index (χ0n) is 20.6. The zero-order valence-corrected chi connectivity index (χ0v) is 22.2. The van der Waals surface area contributed by atoms with Gasteiger partial charge in [-0.2, -0.15) is 24.7 Å². The Morgan fingerprint density at radius 1 is 1.14 bits per heavy atom. The number of hydrazone groups is 1. The molecule has 2 aliphatic heterocycles. The molecule has 2 aromatic heterocycles. The number of aliphatic imine (C=N–C) groups is 1. The van der Waals surface area contributed by atoms with Crippen molar-refractivity contribution in [1.82, 2.24) is 19.6 Å². The summed E-state index contributed by atoms with van der Waals surface area (Å²) < 4.78 is 7.13. The van der Waals surface area contributed by atoms with E-state index in [4.69, 9.17) is 10.1 Å². The van der Waals surface area contributed by atoms with Gasteiger partial charge in [0.05, 0.1) is 11.3 Å². The van der Waals surface area contributed by atoms with Crippen molar-refractivity contribution in [3.05, 3.63) is 62.5 Å². The molecule has 190 valence electrons. The van der Waals surface area contributed by atoms with E-state index in [-0.39, 0.29) is 29.5 Å². The molecule has 1 aromatic carbocycles. The van der Waals surface area contributed by atoms with Gasteiger partial charge >= 0.3 is 0 Å². The van der Waals surface area contributed by atoms with E-state index in [0.717, 1.165) is 34.9 Å². The van der Waals surface area contributed by atoms with E-state index in [1.54, 1.807) is 30.3 Å². The summed E-state index contributed by atoms with van der Waals surface area (Å²) in [6.07, 6.45) is 4.25. The number of rotatable bonds is 8. The number of hydrogen-bond donors (Lipinski definition) is 1. The topological polar surface area (TPSA) is 125 Å². The summed E-state index contributed by atoms with van der Waals surface area (Å²) >= 11 is 2.76. The van der Waals surface area contributed by atoms with E-state index < -0.39 is 5.91 Å². The summed E-state index contributed by atoms with van der Waals surface area (Å²) in [5.41, 5.74) is 1.19. The predicted octanol–water partition coefficient (Wildman–Crippen LogP) is 4.35. The van der Waals surface area contributed by atoms with Crippen LogP contribution < -0.4 is 10.3 Å². The molecule has 1 amide bonds. The summed E-state index contributed by atoms with van der Waals surface area (Å²) in [4.78, 5) is 34.2. The summed E-state index contributed by atoms with van der Waals surface area (Å²) in [7, 11) is 0. The van der Waals surface area contributed by atoms with Crippen LogP contribution >= 0.6 is 23.1 Å². The summed E-state index contributed by atoms with van der Waals surface area (Å²) in [5.74, 6) is 0.439. The molecule has 0 aliphatic carbocycles. The zero-order chi connectivity index (χ0) is 26.1. The Kier molecular flexibility index (Phi) is 7.02. The van der Waals surface area contributed by atoms with Crippen LogP contribution in [0.4, 0.5) is 0 Å². The number of nitrogens with zero attached hydrogens (tertiary/aromatic N) is 6. The largest absolute Gasteiger partial charge is 0.487 e. The van der Waals surface area contributed by atoms with Gasteiger partial charge in [0.2, 0.25) is 10.1 Å². The van der Waals surface area contributed by atoms with Gasteiger partial charge in [-0.05, 0) is 54.8 Å². The number of carbonyl (C=O) groups excluding carboxylic acids is 1. The number of hydrogen-bond acceptors (Lipinski definition) is 9. The van der Waals surface area contributed by atoms with E-state index in [9.17, 15) is 9.59 Å². The molecular formula is C25H25N7O3S2. The first-order valence-corrected chi connectivity index (χ1v) is 13.6. The minimum absolute atomic E-state index is 0.0193. The molecule has 0 radical (unpaired) electrons. The molecule has 1 N–H and O–H groups in total. The standard InChI is InChI=1S/C25H25N7O3S2/c1-4-15(5-2)23-30-32-21(26)18(22(34)28-25(32)37-23)11-14-7-9-17(10-8-14)35-13-16-12-20(33)31-24(27-16)36-19(6-3)29-31/h7-12,15,26H,4-6,13H2,1-3H3/b18-11-,26-21?. The van der Waals surface area contributed by atoms with Crippen molar-refractivity contribution in [3.8, 4) is 5.75 Å². The molecule has 10 nitrogen and oxygen atoms in total. The van der Waals surface area contributed by atoms with E-state index >= 15 is 0 Å². The van der Waals surface area contributed by atoms with Crippen LogP contribution in [0.1, 0.15) is 49.9 Å². The van der Waals surface area contributed by atoms with Crippen molar-refractivity contribution < 1.29 is 9.53 Å². The Bertz CT molecular complexity index is 1530. The van der Waals surface area contributed by atoms with E-state index in [1.807, 2.05) is 6.92 Å². The second kappa shape index (κ2) is 10.4. The third-order valence-corrected chi connectivity index (χ3v) is 8.15. The fourth-order valence-electron chi connectivity index (χ4n) is 3.91. The number of fused-ring (bicyclic) bond motifs is 2. The van der Waals surface area contributed by atoms with Gasteiger partial charge in [0.1, 0.15) is 22.4 Å². The number of ether oxygens (including phenoxy) is 1. The Morgan fingerprint density at radius 3 is 2.59 bits per heavy atom. The average molecular weight is 536 g/mol. The van der Waals surface area contributed by atoms with Crippen LogP contribution in [0.5, 0.6) is 5.75 Å². The number of amidine groups is 2. The van der Waals surface area contributed by atoms with Gasteiger partial charge < -0.3 is 4.74 Å². The molecule has 5 rings (SSSR count). The average Bonchev–Trinajstić information content (AvgIpc) is 3.51. The van der Waals surface area contributed by atoms with Crippen LogP contribution in [-0.4, -0.2) is 41.6 Å². The minimum Gasteiger partial charge on any atom is -0.487 e. The van der Waals surface area contributed by atoms with Crippen molar-refractivity contribution in [2.45, 2.75) is 46.6 Å². The highest BCUT2D eigenvalue weighted by Gasteiger charge is 2.37. The molecule has 0 atom stereocenters. The minimum atomic E-state index is -0.452. The lowest BCUT2D eigenvalue weighted by atomic mass is 10.1. The number of benzene rings is 1. The van der Waals surface area contributed by atoms with Crippen molar-refractivity contribution in [3.63, 3.8) is 0 Å². The Morgan fingerprint density at radius 2 is 1.89 bits per heavy atom. The van der Waals surface area contributed by atoms with Crippen molar-refractivity contribution >= 4 is 56.1 Å². The molecule has 0 unspecified atom stereocenters. The van der Waals surface area contributed by atoms with Gasteiger partial charge in [-0.15, -0.1) is 0 Å². The normalized spacial score (nSPS) is 16.5. The van der Waals surface area contributed by atoms with Gasteiger partial charge in [0.15, 0.2) is 5.84 Å². The first-order chi connectivity index (χ1) is 17.9. The third kappa shape index (κ3) is 4.98. The molecule has 0 saturated carbocycles. The summed E-state index contributed by atoms with van der Waals surface area (Å²) in [5, 5.41) is 21.0. The maximum absolute atomic E-state index is 12.7. The van der Waals surface area contributed by atoms with Gasteiger partial charge in [-0.1, -0.05) is 44.2 Å². The van der Waals surface area contributed by atoms with Gasteiger partial charge in [-0.3, -0.25) is 15.0 Å². The molecule has 4 heterocycles. The molecule has 37 heavy (non-hydrogen) atoms. The van der Waals surface area contributed by atoms with Crippen molar-refractivity contribution in [2.24, 2.45) is 16.0 Å². The highest BCUT2D eigenvalue weighted by Crippen LogP contribution is 2.33. The molecule has 12 heteroatoms. The smallest absolute Gasteiger partial charge is 0.283 e. The van der Waals surface area contributed by atoms with Crippen LogP contribution in [0.15, 0.2) is 50.8 Å². The van der Waals surface area contributed by atoms with E-state index in [0.29, 0.717) is 21.6 Å². The fourth-order valence-corrected chi connectivity index (χ4v) is 5.92. The highest BCUT2D eigenvalue weighted by atomic mass is 32.2. The number of carbonyl (C=O) groups is 1. The SMILES string of the molecule is CCc1nn2c(=O)cc(COc3ccc(/C=C4/C(=N)N5N=C(C(CC)CC)SC5=NC4=O)cc3)nc2s1. The quantitative estimate of drug-likeness (QED) is 0.425. The lowest BCUT2D eigenvalue weighted by Crippen LogP contribution is -2.35. The Balaban J connectivity index is 1.29. The molecule has 0 fully saturated rings. The Hall–Kier alpha value is -3.64. The molecule has 3 aromatic rings. The van der Waals surface area contributed by atoms with Crippen molar-refractivity contribution in [1.29, 1.82) is 5.41 Å². The maximum atomic E-state index is 12.7. The van der Waals surface area contributed by atoms with Crippen LogP contribution in [-0.2, 0) is 17.8 Å². The molecular weight excluding hydrogens is 510 g/mol. The number of nitrogens with one attached hydrogen (secondary N) is 1. The van der Waals surface area contributed by atoms with E-state index in [2.05, 4.69) is 34.0 Å². The van der Waals surface area contributed by atoms with Crippen LogP contribution in [0.25, 0.3) is 11.0 Å². The second-order valence-electron chi connectivity index (χ2n) is 8.46.